The monoisotopic (exact) mass is 855 g/mol. The van der Waals surface area contributed by atoms with Crippen LogP contribution in [-0.4, -0.2) is 69.5 Å². The zero-order chi connectivity index (χ0) is 43.2. The molecule has 7 rings (SSSR count). The van der Waals surface area contributed by atoms with Crippen LogP contribution in [0.3, 0.4) is 0 Å². The molecule has 0 saturated carbocycles. The number of phenols is 1. The first kappa shape index (κ1) is 44.8. The number of aromatic nitrogens is 8. The number of nitrogens with one attached hydrogen (secondary N) is 4. The average Bonchev–Trinajstić information content (AvgIpc) is 4.15. The van der Waals surface area contributed by atoms with Gasteiger partial charge in [0.2, 0.25) is 0 Å². The van der Waals surface area contributed by atoms with Crippen LogP contribution >= 0.6 is 0 Å². The summed E-state index contributed by atoms with van der Waals surface area (Å²) < 4.78 is 21.2. The molecule has 0 saturated heterocycles. The standard InChI is InChI=1S/C48H62N12O3/c61-46-24-44(34-62-47-26-40(30-49-5-1-13-57-17-9-53-36-57)21-41(27-47)31-50-6-2-14-58-18-10-54-37-58)23-45(25-46)35-63-48-28-42(32-51-7-3-15-59-19-11-55-38-59)22-43(29-48)33-52-8-4-16-60-20-12-56-39-60/h9-12,17-29,36-39,49-52,61H,1-8,13-16,30-35H2. The van der Waals surface area contributed by atoms with E-state index < -0.39 is 0 Å². The minimum atomic E-state index is 0.179. The van der Waals surface area contributed by atoms with E-state index in [4.69, 9.17) is 9.47 Å². The van der Waals surface area contributed by atoms with E-state index in [1.165, 1.54) is 0 Å². The summed E-state index contributed by atoms with van der Waals surface area (Å²) in [5.41, 5.74) is 6.37. The van der Waals surface area contributed by atoms with Gasteiger partial charge in [-0.15, -0.1) is 0 Å². The van der Waals surface area contributed by atoms with Crippen molar-refractivity contribution in [3.63, 3.8) is 0 Å². The number of aromatic hydroxyl groups is 1. The highest BCUT2D eigenvalue weighted by atomic mass is 16.5. The van der Waals surface area contributed by atoms with Crippen LogP contribution in [0.25, 0.3) is 0 Å². The normalized spacial score (nSPS) is 11.4. The number of hydrogen-bond acceptors (Lipinski definition) is 11. The van der Waals surface area contributed by atoms with Crippen LogP contribution in [-0.2, 0) is 65.6 Å². The molecule has 0 aliphatic rings. The minimum absolute atomic E-state index is 0.179. The second kappa shape index (κ2) is 25.0. The molecule has 5 N–H and O–H groups in total. The summed E-state index contributed by atoms with van der Waals surface area (Å²) in [4.78, 5) is 16.6. The molecule has 4 heterocycles. The molecule has 0 spiro atoms. The van der Waals surface area contributed by atoms with Gasteiger partial charge < -0.3 is 54.1 Å². The lowest BCUT2D eigenvalue weighted by molar-refractivity contribution is 0.297. The van der Waals surface area contributed by atoms with Crippen molar-refractivity contribution in [2.24, 2.45) is 0 Å². The van der Waals surface area contributed by atoms with Crippen molar-refractivity contribution in [3.8, 4) is 17.2 Å². The molecular weight excluding hydrogens is 793 g/mol. The summed E-state index contributed by atoms with van der Waals surface area (Å²) in [5.74, 6) is 1.76. The fourth-order valence-electron chi connectivity index (χ4n) is 7.43. The van der Waals surface area contributed by atoms with E-state index in [1.54, 1.807) is 12.1 Å². The van der Waals surface area contributed by atoms with Crippen LogP contribution in [0, 0.1) is 0 Å². The molecule has 332 valence electrons. The third kappa shape index (κ3) is 16.2. The maximum absolute atomic E-state index is 10.8. The number of aryl methyl sites for hydroxylation is 4. The molecule has 0 radical (unpaired) electrons. The van der Waals surface area contributed by atoms with Crippen LogP contribution in [0.15, 0.2) is 129 Å². The summed E-state index contributed by atoms with van der Waals surface area (Å²) in [6.45, 7) is 10.8. The Hall–Kier alpha value is -6.26. The smallest absolute Gasteiger partial charge is 0.120 e. The minimum Gasteiger partial charge on any atom is -0.508 e. The highest BCUT2D eigenvalue weighted by Gasteiger charge is 2.09. The summed E-state index contributed by atoms with van der Waals surface area (Å²) in [7, 11) is 0. The first-order valence-corrected chi connectivity index (χ1v) is 22.1. The Labute approximate surface area is 370 Å². The summed E-state index contributed by atoms with van der Waals surface area (Å²) in [6.07, 6.45) is 26.6. The number of hydrogen-bond donors (Lipinski definition) is 5. The summed E-state index contributed by atoms with van der Waals surface area (Å²) >= 11 is 0. The molecule has 15 heteroatoms. The number of nitrogens with zero attached hydrogens (tertiary/aromatic N) is 8. The van der Waals surface area contributed by atoms with Crippen LogP contribution in [0.4, 0.5) is 0 Å². The van der Waals surface area contributed by atoms with Gasteiger partial charge in [0.25, 0.3) is 0 Å². The molecule has 0 amide bonds. The number of benzene rings is 3. The van der Waals surface area contributed by atoms with Gasteiger partial charge in [0.1, 0.15) is 30.5 Å². The van der Waals surface area contributed by atoms with E-state index >= 15 is 0 Å². The first-order valence-electron chi connectivity index (χ1n) is 22.1. The van der Waals surface area contributed by atoms with E-state index in [0.717, 1.165) is 149 Å². The topological polar surface area (TPSA) is 158 Å². The Morgan fingerprint density at radius 1 is 0.397 bits per heavy atom. The number of imidazole rings is 4. The predicted octanol–water partition coefficient (Wildman–Crippen LogP) is 6.06. The molecule has 0 fully saturated rings. The number of ether oxygens (including phenoxy) is 2. The molecule has 0 bridgehead atoms. The lowest BCUT2D eigenvalue weighted by atomic mass is 10.1. The predicted molar refractivity (Wildman–Crippen MR) is 244 cm³/mol. The van der Waals surface area contributed by atoms with Crippen LogP contribution in [0.5, 0.6) is 17.2 Å². The largest absolute Gasteiger partial charge is 0.508 e. The van der Waals surface area contributed by atoms with Gasteiger partial charge in [-0.2, -0.15) is 0 Å². The lowest BCUT2D eigenvalue weighted by Crippen LogP contribution is -2.18. The van der Waals surface area contributed by atoms with E-state index in [-0.39, 0.29) is 5.75 Å². The molecule has 3 aromatic carbocycles. The fraction of sp³-hybridized carbons (Fsp3) is 0.375. The van der Waals surface area contributed by atoms with Crippen molar-refractivity contribution in [2.45, 2.75) is 91.3 Å². The Bertz CT molecular complexity index is 2010. The van der Waals surface area contributed by atoms with Crippen molar-refractivity contribution in [2.75, 3.05) is 26.2 Å². The van der Waals surface area contributed by atoms with Gasteiger partial charge in [-0.3, -0.25) is 0 Å². The zero-order valence-electron chi connectivity index (χ0n) is 36.2. The van der Waals surface area contributed by atoms with Crippen LogP contribution in [0.1, 0.15) is 59.1 Å². The number of phenolic OH excluding ortho intramolecular Hbond substituents is 1. The van der Waals surface area contributed by atoms with Crippen molar-refractivity contribution in [1.29, 1.82) is 0 Å². The second-order valence-corrected chi connectivity index (χ2v) is 15.9. The van der Waals surface area contributed by atoms with Gasteiger partial charge in [0, 0.05) is 102 Å². The average molecular weight is 855 g/mol. The van der Waals surface area contributed by atoms with E-state index in [9.17, 15) is 5.11 Å². The van der Waals surface area contributed by atoms with Crippen molar-refractivity contribution in [1.82, 2.24) is 59.5 Å². The quantitative estimate of drug-likeness (QED) is 0.0336. The van der Waals surface area contributed by atoms with Gasteiger partial charge in [-0.05, 0) is 128 Å². The SMILES string of the molecule is Oc1cc(COc2cc(CNCCCn3ccnc3)cc(CNCCCn3ccnc3)c2)cc(COc2cc(CNCCCn3ccnc3)cc(CNCCCn3ccnc3)c2)c1. The number of rotatable bonds is 30. The van der Waals surface area contributed by atoms with E-state index in [1.807, 2.05) is 81.0 Å². The third-order valence-corrected chi connectivity index (χ3v) is 10.5. The van der Waals surface area contributed by atoms with Crippen molar-refractivity contribution < 1.29 is 14.6 Å². The second-order valence-electron chi connectivity index (χ2n) is 15.9. The van der Waals surface area contributed by atoms with Crippen LogP contribution in [0.2, 0.25) is 0 Å². The molecular formula is C48H62N12O3. The van der Waals surface area contributed by atoms with E-state index in [0.29, 0.717) is 13.2 Å². The molecule has 7 aromatic rings. The molecule has 0 atom stereocenters. The van der Waals surface area contributed by atoms with Gasteiger partial charge in [-0.25, -0.2) is 19.9 Å². The molecule has 15 nitrogen and oxygen atoms in total. The summed E-state index contributed by atoms with van der Waals surface area (Å²) in [5, 5.41) is 25.2. The molecule has 0 aliphatic heterocycles. The van der Waals surface area contributed by atoms with Gasteiger partial charge in [0.15, 0.2) is 0 Å². The Balaban J connectivity index is 0.940. The fourth-order valence-corrected chi connectivity index (χ4v) is 7.43. The molecule has 4 aromatic heterocycles. The molecule has 63 heavy (non-hydrogen) atoms. The maximum Gasteiger partial charge on any atom is 0.120 e. The summed E-state index contributed by atoms with van der Waals surface area (Å²) in [6, 6.07) is 18.4. The highest BCUT2D eigenvalue weighted by molar-refractivity contribution is 5.38. The molecule has 0 aliphatic carbocycles. The Morgan fingerprint density at radius 2 is 0.698 bits per heavy atom. The van der Waals surface area contributed by atoms with Crippen molar-refractivity contribution in [3.05, 3.63) is 163 Å². The zero-order valence-corrected chi connectivity index (χ0v) is 36.2. The third-order valence-electron chi connectivity index (χ3n) is 10.5. The van der Waals surface area contributed by atoms with E-state index in [2.05, 4.69) is 95.9 Å². The maximum atomic E-state index is 10.8. The van der Waals surface area contributed by atoms with Crippen LogP contribution < -0.4 is 30.7 Å². The highest BCUT2D eigenvalue weighted by Crippen LogP contribution is 2.24. The first-order chi connectivity index (χ1) is 31.1. The molecule has 0 unspecified atom stereocenters. The lowest BCUT2D eigenvalue weighted by Gasteiger charge is -2.15. The Kier molecular flexibility index (Phi) is 17.8. The van der Waals surface area contributed by atoms with Gasteiger partial charge >= 0.3 is 0 Å². The Morgan fingerprint density at radius 3 is 0.984 bits per heavy atom. The van der Waals surface area contributed by atoms with Gasteiger partial charge in [0.05, 0.1) is 25.3 Å². The van der Waals surface area contributed by atoms with Gasteiger partial charge in [-0.1, -0.05) is 12.1 Å². The van der Waals surface area contributed by atoms with Crippen molar-refractivity contribution >= 4 is 0 Å².